The fraction of sp³-hybridized carbons (Fsp3) is 0.320. The molecule has 2 N–H and O–H groups in total. The van der Waals surface area contributed by atoms with E-state index in [1.807, 2.05) is 0 Å². The molecule has 2 aromatic heterocycles. The number of aromatic nitrogens is 6. The molecule has 1 aliphatic carbocycles. The SMILES string of the molecule is O=C(NC1CCC1)c1ccccc1-n1cnc(Cn2nc(-c3ccc(Cl)cc3)n(C[C@H](O)C(F)(F)F)c2=O)n1. The third-order valence-corrected chi connectivity index (χ3v) is 6.68. The van der Waals surface area contributed by atoms with E-state index >= 15 is 0 Å². The number of hydrogen-bond donors (Lipinski definition) is 2. The summed E-state index contributed by atoms with van der Waals surface area (Å²) in [6.45, 7) is -1.32. The van der Waals surface area contributed by atoms with Crippen LogP contribution >= 0.6 is 11.6 Å². The van der Waals surface area contributed by atoms with E-state index in [-0.39, 0.29) is 30.1 Å². The van der Waals surface area contributed by atoms with Crippen molar-refractivity contribution in [2.24, 2.45) is 0 Å². The third kappa shape index (κ3) is 5.73. The largest absolute Gasteiger partial charge is 0.416 e. The zero-order valence-corrected chi connectivity index (χ0v) is 21.1. The molecule has 4 aromatic rings. The number of carbonyl (C=O) groups excluding carboxylic acids is 1. The second kappa shape index (κ2) is 10.7. The number of nitrogens with zero attached hydrogens (tertiary/aromatic N) is 6. The highest BCUT2D eigenvalue weighted by atomic mass is 35.5. The average Bonchev–Trinajstić information content (AvgIpc) is 3.46. The van der Waals surface area contributed by atoms with Gasteiger partial charge in [0.05, 0.1) is 17.8 Å². The molecule has 10 nitrogen and oxygen atoms in total. The Balaban J connectivity index is 1.44. The number of aliphatic hydroxyl groups excluding tert-OH is 1. The van der Waals surface area contributed by atoms with Gasteiger partial charge in [-0.05, 0) is 55.7 Å². The molecule has 1 amide bonds. The zero-order valence-electron chi connectivity index (χ0n) is 20.3. The van der Waals surface area contributed by atoms with Crippen LogP contribution in [0.5, 0.6) is 0 Å². The number of para-hydroxylation sites is 1. The number of benzene rings is 2. The average molecular weight is 562 g/mol. The summed E-state index contributed by atoms with van der Waals surface area (Å²) >= 11 is 5.92. The van der Waals surface area contributed by atoms with E-state index in [2.05, 4.69) is 20.5 Å². The first-order valence-electron chi connectivity index (χ1n) is 12.1. The number of halogens is 4. The first-order valence-corrected chi connectivity index (χ1v) is 12.5. The first kappa shape index (κ1) is 26.6. The maximum Gasteiger partial charge on any atom is 0.416 e. The van der Waals surface area contributed by atoms with Crippen molar-refractivity contribution in [2.75, 3.05) is 0 Å². The molecule has 1 fully saturated rings. The van der Waals surface area contributed by atoms with Crippen LogP contribution in [0.3, 0.4) is 0 Å². The molecule has 1 atom stereocenters. The van der Waals surface area contributed by atoms with Crippen LogP contribution in [0.1, 0.15) is 35.4 Å². The number of rotatable bonds is 8. The topological polar surface area (TPSA) is 120 Å². The highest BCUT2D eigenvalue weighted by Gasteiger charge is 2.39. The molecule has 1 aliphatic rings. The van der Waals surface area contributed by atoms with Crippen molar-refractivity contribution in [3.05, 3.63) is 81.8 Å². The van der Waals surface area contributed by atoms with Crippen molar-refractivity contribution in [1.82, 2.24) is 34.4 Å². The summed E-state index contributed by atoms with van der Waals surface area (Å²) in [5.41, 5.74) is 0.309. The molecular formula is C25H23ClF3N7O3. The summed E-state index contributed by atoms with van der Waals surface area (Å²) < 4.78 is 42.3. The molecule has 0 radical (unpaired) electrons. The van der Waals surface area contributed by atoms with Gasteiger partial charge in [-0.1, -0.05) is 23.7 Å². The van der Waals surface area contributed by atoms with Gasteiger partial charge in [-0.15, -0.1) is 10.2 Å². The normalized spacial score (nSPS) is 14.7. The van der Waals surface area contributed by atoms with E-state index in [0.29, 0.717) is 21.8 Å². The first-order chi connectivity index (χ1) is 18.6. The molecule has 0 aliphatic heterocycles. The Kier molecular flexibility index (Phi) is 7.28. The third-order valence-electron chi connectivity index (χ3n) is 6.42. The fourth-order valence-electron chi connectivity index (χ4n) is 4.10. The number of alkyl halides is 3. The van der Waals surface area contributed by atoms with Crippen molar-refractivity contribution in [3.8, 4) is 17.1 Å². The van der Waals surface area contributed by atoms with Gasteiger partial charge in [0.2, 0.25) is 0 Å². The van der Waals surface area contributed by atoms with Crippen LogP contribution in [0.2, 0.25) is 5.02 Å². The highest BCUT2D eigenvalue weighted by molar-refractivity contribution is 6.30. The minimum absolute atomic E-state index is 0.0857. The Morgan fingerprint density at radius 1 is 1.13 bits per heavy atom. The lowest BCUT2D eigenvalue weighted by Crippen LogP contribution is -2.39. The fourth-order valence-corrected chi connectivity index (χ4v) is 4.22. The van der Waals surface area contributed by atoms with Crippen LogP contribution in [0.25, 0.3) is 17.1 Å². The van der Waals surface area contributed by atoms with Crippen molar-refractivity contribution >= 4 is 17.5 Å². The van der Waals surface area contributed by atoms with Gasteiger partial charge >= 0.3 is 11.9 Å². The van der Waals surface area contributed by atoms with Crippen LogP contribution in [-0.4, -0.2) is 58.4 Å². The van der Waals surface area contributed by atoms with E-state index in [9.17, 15) is 27.9 Å². The Labute approximate surface area is 224 Å². The second-order valence-corrected chi connectivity index (χ2v) is 9.60. The molecular weight excluding hydrogens is 539 g/mol. The molecule has 5 rings (SSSR count). The standard InChI is InChI=1S/C25H23ClF3N7O3/c26-16-10-8-15(9-11-16)22-33-35(24(39)34(22)12-20(37)25(27,28)29)13-21-30-14-36(32-21)19-7-2-1-6-18(19)23(38)31-17-4-3-5-17/h1-2,6-11,14,17,20,37H,3-5,12-13H2,(H,31,38)/t20-/m0/s1. The molecule has 204 valence electrons. The Hall–Kier alpha value is -3.97. The van der Waals surface area contributed by atoms with Gasteiger partial charge in [0.15, 0.2) is 17.8 Å². The lowest BCUT2D eigenvalue weighted by molar-refractivity contribution is -0.207. The summed E-state index contributed by atoms with van der Waals surface area (Å²) in [4.78, 5) is 30.1. The molecule has 39 heavy (non-hydrogen) atoms. The summed E-state index contributed by atoms with van der Waals surface area (Å²) in [6.07, 6.45) is -3.40. The van der Waals surface area contributed by atoms with Gasteiger partial charge in [-0.3, -0.25) is 9.36 Å². The van der Waals surface area contributed by atoms with E-state index in [4.69, 9.17) is 11.6 Å². The molecule has 0 bridgehead atoms. The van der Waals surface area contributed by atoms with E-state index in [1.54, 1.807) is 24.3 Å². The monoisotopic (exact) mass is 561 g/mol. The number of nitrogens with one attached hydrogen (secondary N) is 1. The van der Waals surface area contributed by atoms with Crippen LogP contribution in [0.4, 0.5) is 13.2 Å². The molecule has 14 heteroatoms. The number of amides is 1. The Morgan fingerprint density at radius 3 is 2.51 bits per heavy atom. The van der Waals surface area contributed by atoms with Gasteiger partial charge in [0.25, 0.3) is 5.91 Å². The van der Waals surface area contributed by atoms with Gasteiger partial charge in [0, 0.05) is 16.6 Å². The minimum Gasteiger partial charge on any atom is -0.382 e. The van der Waals surface area contributed by atoms with Gasteiger partial charge in [-0.2, -0.15) is 13.2 Å². The second-order valence-electron chi connectivity index (χ2n) is 9.16. The van der Waals surface area contributed by atoms with Crippen molar-refractivity contribution in [1.29, 1.82) is 0 Å². The van der Waals surface area contributed by atoms with Crippen LogP contribution in [0.15, 0.2) is 59.7 Å². The Bertz CT molecular complexity index is 1540. The molecule has 2 heterocycles. The predicted molar refractivity (Wildman–Crippen MR) is 135 cm³/mol. The van der Waals surface area contributed by atoms with Gasteiger partial charge < -0.3 is 10.4 Å². The van der Waals surface area contributed by atoms with Crippen LogP contribution in [-0.2, 0) is 13.1 Å². The van der Waals surface area contributed by atoms with E-state index in [1.165, 1.54) is 35.3 Å². The number of aliphatic hydroxyl groups is 1. The molecule has 1 saturated carbocycles. The summed E-state index contributed by atoms with van der Waals surface area (Å²) in [5.74, 6) is -0.189. The number of carbonyl (C=O) groups is 1. The summed E-state index contributed by atoms with van der Waals surface area (Å²) in [6, 6.07) is 13.0. The molecule has 0 saturated heterocycles. The molecule has 0 spiro atoms. The van der Waals surface area contributed by atoms with Gasteiger partial charge in [-0.25, -0.2) is 19.1 Å². The number of hydrogen-bond acceptors (Lipinski definition) is 6. The maximum absolute atomic E-state index is 13.1. The van der Waals surface area contributed by atoms with Gasteiger partial charge in [0.1, 0.15) is 12.9 Å². The zero-order chi connectivity index (χ0) is 27.7. The van der Waals surface area contributed by atoms with E-state index in [0.717, 1.165) is 28.5 Å². The van der Waals surface area contributed by atoms with Crippen LogP contribution < -0.4 is 11.0 Å². The summed E-state index contributed by atoms with van der Waals surface area (Å²) in [7, 11) is 0. The smallest absolute Gasteiger partial charge is 0.382 e. The summed E-state index contributed by atoms with van der Waals surface area (Å²) in [5, 5.41) is 21.6. The minimum atomic E-state index is -4.93. The van der Waals surface area contributed by atoms with Crippen LogP contribution in [0, 0.1) is 0 Å². The highest BCUT2D eigenvalue weighted by Crippen LogP contribution is 2.24. The lowest BCUT2D eigenvalue weighted by atomic mass is 9.93. The maximum atomic E-state index is 13.1. The van der Waals surface area contributed by atoms with Crippen molar-refractivity contribution < 1.29 is 23.1 Å². The molecule has 2 aromatic carbocycles. The lowest BCUT2D eigenvalue weighted by Gasteiger charge is -2.26. The van der Waals surface area contributed by atoms with Crippen molar-refractivity contribution in [2.45, 2.75) is 50.7 Å². The quantitative estimate of drug-likeness (QED) is 0.341. The molecule has 0 unspecified atom stereocenters. The Morgan fingerprint density at radius 2 is 1.85 bits per heavy atom. The van der Waals surface area contributed by atoms with Crippen molar-refractivity contribution in [3.63, 3.8) is 0 Å². The van der Waals surface area contributed by atoms with E-state index < -0.39 is 24.5 Å². The predicted octanol–water partition coefficient (Wildman–Crippen LogP) is 3.20.